The molecule has 49 valence electrons. The van der Waals surface area contributed by atoms with Gasteiger partial charge in [-0.25, -0.2) is 0 Å². The van der Waals surface area contributed by atoms with E-state index in [2.05, 4.69) is 0 Å². The molecule has 1 aliphatic carbocycles. The van der Waals surface area contributed by atoms with Crippen molar-refractivity contribution in [1.82, 2.24) is 0 Å². The van der Waals surface area contributed by atoms with Crippen LogP contribution in [0.1, 0.15) is 25.7 Å². The van der Waals surface area contributed by atoms with Crippen LogP contribution in [0.25, 0.3) is 0 Å². The standard InChI is InChI=1S/C6H10BO2/c8-7-9-6-4-2-1-3-5-6/h4,8H,1-3,5H2. The van der Waals surface area contributed by atoms with E-state index in [1.54, 1.807) is 0 Å². The van der Waals surface area contributed by atoms with Crippen molar-refractivity contribution in [3.8, 4) is 0 Å². The van der Waals surface area contributed by atoms with E-state index in [-0.39, 0.29) is 0 Å². The molecule has 0 heterocycles. The smallest absolute Gasteiger partial charge is 0.541 e. The summed E-state index contributed by atoms with van der Waals surface area (Å²) < 4.78 is 4.77. The average Bonchev–Trinajstić information content (AvgIpc) is 1.91. The summed E-state index contributed by atoms with van der Waals surface area (Å²) in [6, 6.07) is 0. The Bertz CT molecular complexity index is 112. The molecule has 0 spiro atoms. The summed E-state index contributed by atoms with van der Waals surface area (Å²) in [5.41, 5.74) is 0. The lowest BCUT2D eigenvalue weighted by Gasteiger charge is -2.11. The molecular weight excluding hydrogens is 115 g/mol. The maximum absolute atomic E-state index is 8.23. The first-order valence-corrected chi connectivity index (χ1v) is 3.25. The highest BCUT2D eigenvalue weighted by molar-refractivity contribution is 6.16. The molecule has 0 unspecified atom stereocenters. The molecule has 0 atom stereocenters. The summed E-state index contributed by atoms with van der Waals surface area (Å²) in [5, 5.41) is 8.23. The molecule has 0 saturated heterocycles. The minimum absolute atomic E-state index is 0.747. The fourth-order valence-electron chi connectivity index (χ4n) is 0.983. The van der Waals surface area contributed by atoms with Crippen molar-refractivity contribution in [3.63, 3.8) is 0 Å². The van der Waals surface area contributed by atoms with Crippen LogP contribution in [0.5, 0.6) is 0 Å². The maximum atomic E-state index is 8.23. The van der Waals surface area contributed by atoms with Crippen LogP contribution >= 0.6 is 0 Å². The number of allylic oxidation sites excluding steroid dienone is 2. The van der Waals surface area contributed by atoms with Gasteiger partial charge in [0.15, 0.2) is 0 Å². The molecule has 0 aromatic carbocycles. The van der Waals surface area contributed by atoms with Crippen LogP contribution < -0.4 is 0 Å². The van der Waals surface area contributed by atoms with Gasteiger partial charge in [-0.2, -0.15) is 0 Å². The third-order valence-electron chi connectivity index (χ3n) is 1.45. The molecule has 0 aromatic rings. The Hall–Kier alpha value is -0.435. The second kappa shape index (κ2) is 3.56. The molecular formula is C6H10BO2. The second-order valence-corrected chi connectivity index (χ2v) is 2.14. The molecule has 0 aromatic heterocycles. The zero-order valence-electron chi connectivity index (χ0n) is 5.34. The van der Waals surface area contributed by atoms with Crippen LogP contribution in [0.2, 0.25) is 0 Å². The van der Waals surface area contributed by atoms with Crippen LogP contribution in [0.3, 0.4) is 0 Å². The predicted octanol–water partition coefficient (Wildman–Crippen LogP) is 0.987. The van der Waals surface area contributed by atoms with Gasteiger partial charge in [0.1, 0.15) is 0 Å². The lowest BCUT2D eigenvalue weighted by Crippen LogP contribution is -2.00. The van der Waals surface area contributed by atoms with E-state index in [0.717, 1.165) is 26.3 Å². The molecule has 1 aliphatic rings. The van der Waals surface area contributed by atoms with Gasteiger partial charge in [-0.1, -0.05) is 0 Å². The summed E-state index contributed by atoms with van der Waals surface area (Å²) in [6.45, 7) is 0. The third kappa shape index (κ3) is 2.10. The monoisotopic (exact) mass is 125 g/mol. The first kappa shape index (κ1) is 6.68. The van der Waals surface area contributed by atoms with Crippen LogP contribution in [0.4, 0.5) is 0 Å². The van der Waals surface area contributed by atoms with E-state index < -0.39 is 0 Å². The van der Waals surface area contributed by atoms with Gasteiger partial charge >= 0.3 is 7.69 Å². The van der Waals surface area contributed by atoms with Crippen LogP contribution in [-0.2, 0) is 4.65 Å². The van der Waals surface area contributed by atoms with Crippen LogP contribution in [0, 0.1) is 0 Å². The number of hydrogen-bond acceptors (Lipinski definition) is 2. The molecule has 1 rings (SSSR count). The largest absolute Gasteiger partial charge is 0.569 e. The Kier molecular flexibility index (Phi) is 2.65. The van der Waals surface area contributed by atoms with Gasteiger partial charge in [0.25, 0.3) is 0 Å². The lowest BCUT2D eigenvalue weighted by molar-refractivity contribution is 0.342. The summed E-state index contributed by atoms with van der Waals surface area (Å²) in [7, 11) is 0.747. The van der Waals surface area contributed by atoms with Gasteiger partial charge in [0, 0.05) is 6.42 Å². The van der Waals surface area contributed by atoms with Crippen molar-refractivity contribution < 1.29 is 9.68 Å². The zero-order valence-corrected chi connectivity index (χ0v) is 5.34. The van der Waals surface area contributed by atoms with E-state index in [1.165, 1.54) is 12.8 Å². The van der Waals surface area contributed by atoms with Gasteiger partial charge in [0.2, 0.25) is 0 Å². The average molecular weight is 125 g/mol. The Morgan fingerprint density at radius 3 is 3.00 bits per heavy atom. The van der Waals surface area contributed by atoms with Gasteiger partial charge < -0.3 is 9.68 Å². The predicted molar refractivity (Wildman–Crippen MR) is 35.6 cm³/mol. The van der Waals surface area contributed by atoms with E-state index in [4.69, 9.17) is 9.68 Å². The maximum Gasteiger partial charge on any atom is 0.569 e. The number of rotatable bonds is 2. The lowest BCUT2D eigenvalue weighted by atomic mass is 10.1. The van der Waals surface area contributed by atoms with Crippen molar-refractivity contribution in [2.45, 2.75) is 25.7 Å². The quantitative estimate of drug-likeness (QED) is 0.557. The highest BCUT2D eigenvalue weighted by Gasteiger charge is 2.03. The molecule has 0 saturated carbocycles. The van der Waals surface area contributed by atoms with E-state index in [9.17, 15) is 0 Å². The van der Waals surface area contributed by atoms with Crippen molar-refractivity contribution in [2.24, 2.45) is 0 Å². The molecule has 0 bridgehead atoms. The van der Waals surface area contributed by atoms with E-state index in [0.29, 0.717) is 0 Å². The van der Waals surface area contributed by atoms with Gasteiger partial charge in [0.05, 0.1) is 5.76 Å². The van der Waals surface area contributed by atoms with Crippen molar-refractivity contribution in [3.05, 3.63) is 11.8 Å². The minimum atomic E-state index is 0.747. The zero-order chi connectivity index (χ0) is 6.53. The summed E-state index contributed by atoms with van der Waals surface area (Å²) in [5.74, 6) is 0.906. The van der Waals surface area contributed by atoms with E-state index in [1.807, 2.05) is 6.08 Å². The summed E-state index contributed by atoms with van der Waals surface area (Å²) >= 11 is 0. The molecule has 2 nitrogen and oxygen atoms in total. The Balaban J connectivity index is 2.28. The molecule has 0 aliphatic heterocycles. The third-order valence-corrected chi connectivity index (χ3v) is 1.45. The number of hydrogen-bond donors (Lipinski definition) is 1. The van der Waals surface area contributed by atoms with Crippen LogP contribution in [-0.4, -0.2) is 12.7 Å². The van der Waals surface area contributed by atoms with Crippen molar-refractivity contribution >= 4 is 7.69 Å². The first-order valence-electron chi connectivity index (χ1n) is 3.25. The molecule has 1 N–H and O–H groups in total. The first-order chi connectivity index (χ1) is 4.43. The topological polar surface area (TPSA) is 29.5 Å². The molecule has 1 radical (unpaired) electrons. The van der Waals surface area contributed by atoms with E-state index >= 15 is 0 Å². The molecule has 3 heteroatoms. The van der Waals surface area contributed by atoms with Gasteiger partial charge in [-0.15, -0.1) is 0 Å². The molecule has 0 amide bonds. The Morgan fingerprint density at radius 1 is 1.56 bits per heavy atom. The molecule has 9 heavy (non-hydrogen) atoms. The van der Waals surface area contributed by atoms with Crippen LogP contribution in [0.15, 0.2) is 11.8 Å². The fraction of sp³-hybridized carbons (Fsp3) is 0.667. The normalized spacial score (nSPS) is 18.6. The van der Waals surface area contributed by atoms with Crippen molar-refractivity contribution in [2.75, 3.05) is 0 Å². The Labute approximate surface area is 55.8 Å². The Morgan fingerprint density at radius 2 is 2.44 bits per heavy atom. The summed E-state index contributed by atoms with van der Waals surface area (Å²) in [6.07, 6.45) is 6.51. The second-order valence-electron chi connectivity index (χ2n) is 2.14. The fourth-order valence-corrected chi connectivity index (χ4v) is 0.983. The highest BCUT2D eigenvalue weighted by Crippen LogP contribution is 2.16. The van der Waals surface area contributed by atoms with Gasteiger partial charge in [-0.3, -0.25) is 0 Å². The van der Waals surface area contributed by atoms with Crippen molar-refractivity contribution in [1.29, 1.82) is 0 Å². The molecule has 0 fully saturated rings. The van der Waals surface area contributed by atoms with Gasteiger partial charge in [-0.05, 0) is 25.3 Å². The minimum Gasteiger partial charge on any atom is -0.541 e. The SMILES string of the molecule is O[B]OC1=CCCCC1. The summed E-state index contributed by atoms with van der Waals surface area (Å²) in [4.78, 5) is 0. The highest BCUT2D eigenvalue weighted by atomic mass is 16.5.